The number of nitrogens with zero attached hydrogens (tertiary/aromatic N) is 3. The second-order valence-corrected chi connectivity index (χ2v) is 5.14. The second-order valence-electron chi connectivity index (χ2n) is 5.14. The summed E-state index contributed by atoms with van der Waals surface area (Å²) >= 11 is 0. The van der Waals surface area contributed by atoms with Crippen LogP contribution in [0.2, 0.25) is 0 Å². The Labute approximate surface area is 116 Å². The lowest BCUT2D eigenvalue weighted by Gasteiger charge is -2.37. The van der Waals surface area contributed by atoms with Crippen molar-refractivity contribution in [3.63, 3.8) is 0 Å². The Morgan fingerprint density at radius 3 is 2.55 bits per heavy atom. The minimum atomic E-state index is -0.495. The van der Waals surface area contributed by atoms with Crippen LogP contribution in [0.1, 0.15) is 38.7 Å². The minimum Gasteiger partial charge on any atom is -0.331 e. The van der Waals surface area contributed by atoms with E-state index in [1.165, 1.54) is 0 Å². The molecule has 5 heteroatoms. The number of amides is 1. The van der Waals surface area contributed by atoms with Crippen LogP contribution in [-0.2, 0) is 4.79 Å². The molecule has 5 nitrogen and oxygen atoms in total. The lowest BCUT2D eigenvalue weighted by Crippen LogP contribution is -2.48. The number of benzene rings is 1. The number of para-hydroxylation sites is 1. The van der Waals surface area contributed by atoms with Gasteiger partial charge in [0.05, 0.1) is 16.9 Å². The van der Waals surface area contributed by atoms with Crippen molar-refractivity contribution in [3.05, 3.63) is 40.4 Å². The van der Waals surface area contributed by atoms with Crippen molar-refractivity contribution < 1.29 is 4.79 Å². The van der Waals surface area contributed by atoms with E-state index in [1.807, 2.05) is 32.0 Å². The lowest BCUT2D eigenvalue weighted by molar-refractivity contribution is -0.138. The fourth-order valence-corrected chi connectivity index (χ4v) is 2.94. The summed E-state index contributed by atoms with van der Waals surface area (Å²) in [6, 6.07) is 6.60. The van der Waals surface area contributed by atoms with E-state index in [1.54, 1.807) is 22.5 Å². The Bertz CT molecular complexity index is 750. The van der Waals surface area contributed by atoms with Gasteiger partial charge in [-0.25, -0.2) is 4.98 Å². The Morgan fingerprint density at radius 2 is 1.85 bits per heavy atom. The van der Waals surface area contributed by atoms with Gasteiger partial charge in [0.15, 0.2) is 0 Å². The molecule has 104 valence electrons. The average molecular weight is 271 g/mol. The van der Waals surface area contributed by atoms with Crippen molar-refractivity contribution in [1.29, 1.82) is 0 Å². The van der Waals surface area contributed by atoms with Gasteiger partial charge in [0.1, 0.15) is 11.9 Å². The molecule has 1 aromatic carbocycles. The number of fused-ring (bicyclic) bond motifs is 2. The molecule has 0 aliphatic carbocycles. The number of rotatable bonds is 1. The molecule has 0 bridgehead atoms. The molecule has 0 radical (unpaired) electrons. The van der Waals surface area contributed by atoms with Gasteiger partial charge in [0.2, 0.25) is 5.91 Å². The van der Waals surface area contributed by atoms with Crippen LogP contribution in [0.15, 0.2) is 29.1 Å². The van der Waals surface area contributed by atoms with Crippen molar-refractivity contribution in [2.75, 3.05) is 6.54 Å². The van der Waals surface area contributed by atoms with E-state index in [9.17, 15) is 9.59 Å². The van der Waals surface area contributed by atoms with E-state index >= 15 is 0 Å². The largest absolute Gasteiger partial charge is 0.331 e. The molecule has 2 aromatic rings. The number of likely N-dealkylation sites (N-methyl/N-ethyl adjacent to an activating group) is 1. The highest BCUT2D eigenvalue weighted by molar-refractivity contribution is 5.83. The second kappa shape index (κ2) is 4.44. The van der Waals surface area contributed by atoms with E-state index in [2.05, 4.69) is 4.98 Å². The van der Waals surface area contributed by atoms with Gasteiger partial charge in [0.25, 0.3) is 5.56 Å². The molecule has 1 amide bonds. The molecule has 1 aliphatic heterocycles. The number of hydrogen-bond donors (Lipinski definition) is 0. The summed E-state index contributed by atoms with van der Waals surface area (Å²) in [6.07, 6.45) is 0. The van der Waals surface area contributed by atoms with Crippen molar-refractivity contribution in [3.8, 4) is 0 Å². The van der Waals surface area contributed by atoms with Gasteiger partial charge in [-0.3, -0.25) is 14.2 Å². The highest BCUT2D eigenvalue weighted by Crippen LogP contribution is 2.29. The Balaban J connectivity index is 2.36. The smallest absolute Gasteiger partial charge is 0.262 e. The highest BCUT2D eigenvalue weighted by Gasteiger charge is 2.36. The fraction of sp³-hybridized carbons (Fsp3) is 0.400. The molecular formula is C15H17N3O2. The molecule has 0 saturated heterocycles. The zero-order valence-corrected chi connectivity index (χ0v) is 11.8. The van der Waals surface area contributed by atoms with E-state index < -0.39 is 6.04 Å². The Kier molecular flexibility index (Phi) is 2.85. The van der Waals surface area contributed by atoms with Crippen molar-refractivity contribution >= 4 is 16.8 Å². The van der Waals surface area contributed by atoms with Crippen molar-refractivity contribution in [1.82, 2.24) is 14.5 Å². The molecular weight excluding hydrogens is 254 g/mol. The number of aromatic nitrogens is 2. The molecule has 20 heavy (non-hydrogen) atoms. The third-order valence-electron chi connectivity index (χ3n) is 4.04. The first-order chi connectivity index (χ1) is 9.56. The van der Waals surface area contributed by atoms with Gasteiger partial charge in [-0.2, -0.15) is 0 Å². The first kappa shape index (κ1) is 12.8. The molecule has 0 saturated carbocycles. The summed E-state index contributed by atoms with van der Waals surface area (Å²) in [5.41, 5.74) is 0.558. The van der Waals surface area contributed by atoms with Gasteiger partial charge in [0, 0.05) is 6.54 Å². The maximum absolute atomic E-state index is 12.6. The fourth-order valence-electron chi connectivity index (χ4n) is 2.94. The first-order valence-corrected chi connectivity index (χ1v) is 6.88. The number of carbonyl (C=O) groups is 1. The Morgan fingerprint density at radius 1 is 1.15 bits per heavy atom. The minimum absolute atomic E-state index is 0.0216. The predicted molar refractivity (Wildman–Crippen MR) is 76.5 cm³/mol. The SMILES string of the molecule is CCN1C(=O)C(C)n2c(nc3ccccc3c2=O)C1C. The van der Waals surface area contributed by atoms with E-state index in [0.717, 1.165) is 0 Å². The zero-order valence-electron chi connectivity index (χ0n) is 11.8. The van der Waals surface area contributed by atoms with E-state index in [0.29, 0.717) is 23.3 Å². The molecule has 1 aromatic heterocycles. The topological polar surface area (TPSA) is 55.2 Å². The summed E-state index contributed by atoms with van der Waals surface area (Å²) in [5, 5.41) is 0.563. The maximum atomic E-state index is 12.6. The van der Waals surface area contributed by atoms with Crippen LogP contribution in [0, 0.1) is 0 Å². The molecule has 0 N–H and O–H groups in total. The van der Waals surface area contributed by atoms with E-state index in [-0.39, 0.29) is 17.5 Å². The van der Waals surface area contributed by atoms with Crippen LogP contribution in [0.25, 0.3) is 10.9 Å². The highest BCUT2D eigenvalue weighted by atomic mass is 16.2. The Hall–Kier alpha value is -2.17. The summed E-state index contributed by atoms with van der Waals surface area (Å²) in [6.45, 7) is 6.24. The van der Waals surface area contributed by atoms with Crippen LogP contribution in [0.3, 0.4) is 0 Å². The van der Waals surface area contributed by atoms with Crippen LogP contribution in [0.4, 0.5) is 0 Å². The van der Waals surface area contributed by atoms with Crippen LogP contribution in [0.5, 0.6) is 0 Å². The predicted octanol–water partition coefficient (Wildman–Crippen LogP) is 1.88. The summed E-state index contributed by atoms with van der Waals surface area (Å²) in [7, 11) is 0. The molecule has 1 aliphatic rings. The molecule has 2 unspecified atom stereocenters. The van der Waals surface area contributed by atoms with Crippen LogP contribution >= 0.6 is 0 Å². The van der Waals surface area contributed by atoms with Gasteiger partial charge in [-0.15, -0.1) is 0 Å². The van der Waals surface area contributed by atoms with Crippen LogP contribution in [-0.4, -0.2) is 26.9 Å². The summed E-state index contributed by atoms with van der Waals surface area (Å²) in [4.78, 5) is 31.4. The van der Waals surface area contributed by atoms with Gasteiger partial charge in [-0.05, 0) is 32.9 Å². The molecule has 2 atom stereocenters. The third kappa shape index (κ3) is 1.59. The van der Waals surface area contributed by atoms with Gasteiger partial charge >= 0.3 is 0 Å². The van der Waals surface area contributed by atoms with Crippen molar-refractivity contribution in [2.45, 2.75) is 32.9 Å². The van der Waals surface area contributed by atoms with Crippen LogP contribution < -0.4 is 5.56 Å². The van der Waals surface area contributed by atoms with Gasteiger partial charge < -0.3 is 4.90 Å². The summed E-state index contributed by atoms with van der Waals surface area (Å²) < 4.78 is 1.54. The molecule has 2 heterocycles. The number of hydrogen-bond acceptors (Lipinski definition) is 3. The standard InChI is InChI=1S/C15H17N3O2/c1-4-17-9(2)13-16-12-8-6-5-7-11(12)15(20)18(13)10(3)14(17)19/h5-10H,4H2,1-3H3. The van der Waals surface area contributed by atoms with Crippen molar-refractivity contribution in [2.24, 2.45) is 0 Å². The van der Waals surface area contributed by atoms with Gasteiger partial charge in [-0.1, -0.05) is 12.1 Å². The zero-order chi connectivity index (χ0) is 14.4. The summed E-state index contributed by atoms with van der Waals surface area (Å²) in [5.74, 6) is 0.648. The molecule has 0 fully saturated rings. The average Bonchev–Trinajstić information content (AvgIpc) is 2.45. The molecule has 3 rings (SSSR count). The normalized spacial score (nSPS) is 22.1. The third-order valence-corrected chi connectivity index (χ3v) is 4.04. The van der Waals surface area contributed by atoms with E-state index in [4.69, 9.17) is 0 Å². The number of carbonyl (C=O) groups excluding carboxylic acids is 1. The monoisotopic (exact) mass is 271 g/mol. The quantitative estimate of drug-likeness (QED) is 0.795. The molecule has 0 spiro atoms. The first-order valence-electron chi connectivity index (χ1n) is 6.88. The lowest BCUT2D eigenvalue weighted by atomic mass is 10.1. The maximum Gasteiger partial charge on any atom is 0.262 e.